The quantitative estimate of drug-likeness (QED) is 0.420. The Morgan fingerprint density at radius 2 is 1.65 bits per heavy atom. The summed E-state index contributed by atoms with van der Waals surface area (Å²) >= 11 is 0. The van der Waals surface area contributed by atoms with Gasteiger partial charge in [0.2, 0.25) is 0 Å². The minimum absolute atomic E-state index is 0.470. The van der Waals surface area contributed by atoms with Crippen molar-refractivity contribution in [2.75, 3.05) is 0 Å². The number of hydrogen-bond acceptors (Lipinski definition) is 2. The summed E-state index contributed by atoms with van der Waals surface area (Å²) in [6, 6.07) is 8.78. The molecule has 1 unspecified atom stereocenters. The molecule has 1 aromatic carbocycles. The van der Waals surface area contributed by atoms with E-state index in [-0.39, 0.29) is 0 Å². The normalized spacial score (nSPS) is 11.0. The van der Waals surface area contributed by atoms with Crippen molar-refractivity contribution in [3.63, 3.8) is 0 Å². The van der Waals surface area contributed by atoms with Gasteiger partial charge >= 0.3 is 5.97 Å². The fourth-order valence-corrected chi connectivity index (χ4v) is 2.58. The molecule has 0 aliphatic heterocycles. The zero-order valence-electron chi connectivity index (χ0n) is 15.9. The van der Waals surface area contributed by atoms with Crippen molar-refractivity contribution in [3.8, 4) is 23.7 Å². The summed E-state index contributed by atoms with van der Waals surface area (Å²) in [5, 5.41) is 12.1. The second kappa shape index (κ2) is 15.1. The molecule has 1 atom stereocenters. The smallest absolute Gasteiger partial charge is 0.333 e. The SMILES string of the molecule is CCCCCCCCCCC#CC#CC(NCc1ccccc1)C(=O)O. The molecule has 3 nitrogen and oxygen atoms in total. The molecule has 0 bridgehead atoms. The van der Waals surface area contributed by atoms with Crippen LogP contribution in [0.15, 0.2) is 30.3 Å². The Kier molecular flexibility index (Phi) is 12.6. The highest BCUT2D eigenvalue weighted by atomic mass is 16.4. The average Bonchev–Trinajstić information content (AvgIpc) is 2.65. The van der Waals surface area contributed by atoms with Crippen LogP contribution in [0.1, 0.15) is 70.3 Å². The largest absolute Gasteiger partial charge is 0.479 e. The van der Waals surface area contributed by atoms with Crippen molar-refractivity contribution in [1.29, 1.82) is 0 Å². The van der Waals surface area contributed by atoms with Crippen LogP contribution in [-0.4, -0.2) is 17.1 Å². The van der Waals surface area contributed by atoms with E-state index in [0.717, 1.165) is 18.4 Å². The molecule has 140 valence electrons. The van der Waals surface area contributed by atoms with Crippen molar-refractivity contribution in [3.05, 3.63) is 35.9 Å². The molecule has 1 aromatic rings. The predicted octanol–water partition coefficient (Wildman–Crippen LogP) is 4.77. The second-order valence-electron chi connectivity index (χ2n) is 6.43. The zero-order chi connectivity index (χ0) is 18.9. The maximum absolute atomic E-state index is 11.2. The number of benzene rings is 1. The Bertz CT molecular complexity index is 616. The van der Waals surface area contributed by atoms with E-state index in [1.54, 1.807) is 0 Å². The summed E-state index contributed by atoms with van der Waals surface area (Å²) in [6.45, 7) is 2.71. The number of rotatable bonds is 12. The van der Waals surface area contributed by atoms with E-state index < -0.39 is 12.0 Å². The van der Waals surface area contributed by atoms with Crippen LogP contribution in [0, 0.1) is 23.7 Å². The third kappa shape index (κ3) is 11.3. The molecule has 2 N–H and O–H groups in total. The third-order valence-corrected chi connectivity index (χ3v) is 4.12. The first-order chi connectivity index (χ1) is 12.7. The Balaban J connectivity index is 2.20. The zero-order valence-corrected chi connectivity index (χ0v) is 15.9. The van der Waals surface area contributed by atoms with Crippen LogP contribution in [-0.2, 0) is 11.3 Å². The Morgan fingerprint density at radius 3 is 2.31 bits per heavy atom. The van der Waals surface area contributed by atoms with Crippen molar-refractivity contribution >= 4 is 5.97 Å². The Labute approximate surface area is 158 Å². The van der Waals surface area contributed by atoms with Gasteiger partial charge in [-0.1, -0.05) is 94.0 Å². The molecule has 0 fully saturated rings. The molecular weight excluding hydrogens is 322 g/mol. The van der Waals surface area contributed by atoms with Crippen LogP contribution >= 0.6 is 0 Å². The van der Waals surface area contributed by atoms with Gasteiger partial charge in [-0.05, 0) is 23.8 Å². The first-order valence-corrected chi connectivity index (χ1v) is 9.72. The monoisotopic (exact) mass is 353 g/mol. The molecular formula is C23H31NO2. The highest BCUT2D eigenvalue weighted by Crippen LogP contribution is 2.09. The number of carbonyl (C=O) groups is 1. The van der Waals surface area contributed by atoms with Crippen LogP contribution < -0.4 is 5.32 Å². The highest BCUT2D eigenvalue weighted by molar-refractivity contribution is 5.77. The number of unbranched alkanes of at least 4 members (excludes halogenated alkanes) is 8. The highest BCUT2D eigenvalue weighted by Gasteiger charge is 2.12. The molecule has 0 aromatic heterocycles. The predicted molar refractivity (Wildman–Crippen MR) is 107 cm³/mol. The first kappa shape index (κ1) is 21.8. The molecule has 0 radical (unpaired) electrons. The van der Waals surface area contributed by atoms with Crippen molar-refractivity contribution in [2.45, 2.75) is 77.3 Å². The van der Waals surface area contributed by atoms with Gasteiger partial charge in [0.1, 0.15) is 0 Å². The minimum Gasteiger partial charge on any atom is -0.479 e. The molecule has 1 rings (SSSR count). The summed E-state index contributed by atoms with van der Waals surface area (Å²) < 4.78 is 0. The van der Waals surface area contributed by atoms with Gasteiger partial charge in [0, 0.05) is 13.0 Å². The fraction of sp³-hybridized carbons (Fsp3) is 0.522. The van der Waals surface area contributed by atoms with Crippen LogP contribution in [0.5, 0.6) is 0 Å². The number of aliphatic carboxylic acids is 1. The molecule has 0 heterocycles. The summed E-state index contributed by atoms with van der Waals surface area (Å²) in [5.41, 5.74) is 1.03. The van der Waals surface area contributed by atoms with E-state index in [1.807, 2.05) is 30.3 Å². The minimum atomic E-state index is -0.974. The number of carboxylic acid groups (broad SMARTS) is 1. The van der Waals surface area contributed by atoms with E-state index in [2.05, 4.69) is 35.9 Å². The second-order valence-corrected chi connectivity index (χ2v) is 6.43. The summed E-state index contributed by atoms with van der Waals surface area (Å²) in [4.78, 5) is 11.2. The third-order valence-electron chi connectivity index (χ3n) is 4.12. The molecule has 26 heavy (non-hydrogen) atoms. The molecule has 0 saturated carbocycles. The fourth-order valence-electron chi connectivity index (χ4n) is 2.58. The lowest BCUT2D eigenvalue weighted by atomic mass is 10.1. The molecule has 0 spiro atoms. The molecule has 0 amide bonds. The van der Waals surface area contributed by atoms with E-state index in [4.69, 9.17) is 0 Å². The van der Waals surface area contributed by atoms with E-state index in [0.29, 0.717) is 6.54 Å². The lowest BCUT2D eigenvalue weighted by molar-refractivity contribution is -0.137. The van der Waals surface area contributed by atoms with Crippen molar-refractivity contribution in [2.24, 2.45) is 0 Å². The lowest BCUT2D eigenvalue weighted by Gasteiger charge is -2.07. The maximum atomic E-state index is 11.2. The van der Waals surface area contributed by atoms with Crippen molar-refractivity contribution in [1.82, 2.24) is 5.32 Å². The number of nitrogens with one attached hydrogen (secondary N) is 1. The van der Waals surface area contributed by atoms with E-state index in [9.17, 15) is 9.90 Å². The van der Waals surface area contributed by atoms with Gasteiger partial charge < -0.3 is 5.11 Å². The summed E-state index contributed by atoms with van der Waals surface area (Å²) in [7, 11) is 0. The van der Waals surface area contributed by atoms with Crippen LogP contribution in [0.2, 0.25) is 0 Å². The maximum Gasteiger partial charge on any atom is 0.333 e. The van der Waals surface area contributed by atoms with Gasteiger partial charge in [-0.25, -0.2) is 4.79 Å². The van der Waals surface area contributed by atoms with Gasteiger partial charge in [-0.3, -0.25) is 5.32 Å². The lowest BCUT2D eigenvalue weighted by Crippen LogP contribution is -2.34. The van der Waals surface area contributed by atoms with Gasteiger partial charge in [-0.2, -0.15) is 0 Å². The number of carboxylic acids is 1. The molecule has 0 saturated heterocycles. The molecule has 0 aliphatic rings. The average molecular weight is 354 g/mol. The Hall–Kier alpha value is -2.23. The van der Waals surface area contributed by atoms with Gasteiger partial charge in [0.25, 0.3) is 0 Å². The van der Waals surface area contributed by atoms with Crippen molar-refractivity contribution < 1.29 is 9.90 Å². The van der Waals surface area contributed by atoms with Crippen LogP contribution in [0.4, 0.5) is 0 Å². The van der Waals surface area contributed by atoms with Gasteiger partial charge in [0.15, 0.2) is 6.04 Å². The summed E-state index contributed by atoms with van der Waals surface area (Å²) in [6.07, 6.45) is 11.1. The van der Waals surface area contributed by atoms with Gasteiger partial charge in [0.05, 0.1) is 0 Å². The Morgan fingerprint density at radius 1 is 1.00 bits per heavy atom. The van der Waals surface area contributed by atoms with Crippen LogP contribution in [0.3, 0.4) is 0 Å². The first-order valence-electron chi connectivity index (χ1n) is 9.72. The molecule has 3 heteroatoms. The summed E-state index contributed by atoms with van der Waals surface area (Å²) in [5.74, 6) is 10.2. The van der Waals surface area contributed by atoms with E-state index in [1.165, 1.54) is 44.9 Å². The van der Waals surface area contributed by atoms with E-state index >= 15 is 0 Å². The number of hydrogen-bond donors (Lipinski definition) is 2. The topological polar surface area (TPSA) is 49.3 Å². The standard InChI is InChI=1S/C23H31NO2/c1-2-3-4-5-6-7-8-9-10-11-12-16-19-22(23(25)26)24-20-21-17-14-13-15-18-21/h13-15,17-18,22,24H,2-10,20H2,1H3,(H,25,26). The molecule has 0 aliphatic carbocycles. The van der Waals surface area contributed by atoms with Crippen LogP contribution in [0.25, 0.3) is 0 Å². The van der Waals surface area contributed by atoms with Gasteiger partial charge in [-0.15, -0.1) is 0 Å².